The number of anilines is 1. The van der Waals surface area contributed by atoms with Crippen LogP contribution in [0.3, 0.4) is 0 Å². The van der Waals surface area contributed by atoms with E-state index >= 15 is 0 Å². The standard InChI is InChI=1S/C12H17N4OS.2C3H6.ClH/c1-8-11(3-4-17)18-7-16(8)6-10-5-14-9(2)15-12(10)13;2*1-3-2;/h5,7,17H,3-4,6H2,1-2H3,(H2,13,14,15);2*3H,1H2,2H3;1H/q+1;;;/p-1. The average molecular weight is 385 g/mol. The van der Waals surface area contributed by atoms with Gasteiger partial charge in [0.2, 0.25) is 5.51 Å². The second-order valence-electron chi connectivity index (χ2n) is 4.98. The van der Waals surface area contributed by atoms with Crippen LogP contribution in [0.2, 0.25) is 0 Å². The van der Waals surface area contributed by atoms with Crippen molar-refractivity contribution in [2.75, 3.05) is 12.3 Å². The maximum Gasteiger partial charge on any atom is 0.225 e. The molecule has 2 aromatic heterocycles. The molecule has 0 aliphatic carbocycles. The minimum absolute atomic E-state index is 0. The molecular formula is C18H29ClN4OS. The highest BCUT2D eigenvalue weighted by atomic mass is 35.5. The number of allylic oxidation sites excluding steroid dienone is 2. The van der Waals surface area contributed by atoms with Crippen LogP contribution in [-0.2, 0) is 13.0 Å². The van der Waals surface area contributed by atoms with Crippen molar-refractivity contribution in [2.24, 2.45) is 0 Å². The van der Waals surface area contributed by atoms with Gasteiger partial charge in [-0.1, -0.05) is 23.5 Å². The third kappa shape index (κ3) is 9.34. The SMILES string of the molecule is C=CC.C=CC.Cc1ncc(C[n+]2csc(CCO)c2C)c(N)n1.[Cl-]. The molecule has 140 valence electrons. The summed E-state index contributed by atoms with van der Waals surface area (Å²) in [6.45, 7) is 15.2. The molecule has 0 aromatic carbocycles. The van der Waals surface area contributed by atoms with E-state index in [1.54, 1.807) is 29.7 Å². The molecule has 2 aromatic rings. The smallest absolute Gasteiger partial charge is 0.225 e. The maximum atomic E-state index is 8.98. The van der Waals surface area contributed by atoms with Crippen LogP contribution in [0, 0.1) is 13.8 Å². The van der Waals surface area contributed by atoms with E-state index in [2.05, 4.69) is 27.7 Å². The van der Waals surface area contributed by atoms with Gasteiger partial charge in [0, 0.05) is 26.1 Å². The summed E-state index contributed by atoms with van der Waals surface area (Å²) in [6, 6.07) is 0. The fourth-order valence-electron chi connectivity index (χ4n) is 1.77. The molecule has 0 unspecified atom stereocenters. The molecule has 0 aliphatic heterocycles. The molecule has 0 radical (unpaired) electrons. The Bertz CT molecular complexity index is 638. The summed E-state index contributed by atoms with van der Waals surface area (Å²) < 4.78 is 2.11. The zero-order chi connectivity index (χ0) is 18.5. The average Bonchev–Trinajstić information content (AvgIpc) is 2.85. The molecule has 0 bridgehead atoms. The van der Waals surface area contributed by atoms with Gasteiger partial charge in [-0.15, -0.1) is 13.2 Å². The number of aromatic nitrogens is 3. The molecule has 0 saturated heterocycles. The normalized spacial score (nSPS) is 8.84. The number of halogens is 1. The Labute approximate surface area is 161 Å². The lowest BCUT2D eigenvalue weighted by Crippen LogP contribution is -3.00. The van der Waals surface area contributed by atoms with Crippen molar-refractivity contribution in [3.63, 3.8) is 0 Å². The Hall–Kier alpha value is -1.76. The molecule has 0 fully saturated rings. The van der Waals surface area contributed by atoms with Crippen molar-refractivity contribution in [3.05, 3.63) is 59.0 Å². The van der Waals surface area contributed by atoms with Crippen LogP contribution in [-0.4, -0.2) is 21.7 Å². The van der Waals surface area contributed by atoms with Gasteiger partial charge < -0.3 is 23.2 Å². The summed E-state index contributed by atoms with van der Waals surface area (Å²) in [4.78, 5) is 9.53. The third-order valence-corrected chi connectivity index (χ3v) is 4.00. The number of aryl methyl sites for hydroxylation is 1. The monoisotopic (exact) mass is 384 g/mol. The van der Waals surface area contributed by atoms with E-state index in [0.29, 0.717) is 24.6 Å². The van der Waals surface area contributed by atoms with Crippen LogP contribution in [0.5, 0.6) is 0 Å². The van der Waals surface area contributed by atoms with Gasteiger partial charge in [0.15, 0.2) is 12.2 Å². The molecule has 0 amide bonds. The summed E-state index contributed by atoms with van der Waals surface area (Å²) in [7, 11) is 0. The second kappa shape index (κ2) is 14.6. The molecular weight excluding hydrogens is 356 g/mol. The van der Waals surface area contributed by atoms with Gasteiger partial charge in [0.25, 0.3) is 0 Å². The minimum Gasteiger partial charge on any atom is -1.00 e. The molecule has 5 nitrogen and oxygen atoms in total. The lowest BCUT2D eigenvalue weighted by atomic mass is 10.2. The van der Waals surface area contributed by atoms with Crippen LogP contribution in [0.25, 0.3) is 0 Å². The van der Waals surface area contributed by atoms with Crippen LogP contribution >= 0.6 is 11.3 Å². The number of hydrogen-bond donors (Lipinski definition) is 2. The van der Waals surface area contributed by atoms with Crippen molar-refractivity contribution in [3.8, 4) is 0 Å². The molecule has 2 heterocycles. The molecule has 25 heavy (non-hydrogen) atoms. The number of rotatable bonds is 4. The molecule has 0 aliphatic rings. The number of aliphatic hydroxyl groups is 1. The molecule has 7 heteroatoms. The van der Waals surface area contributed by atoms with E-state index in [4.69, 9.17) is 10.8 Å². The van der Waals surface area contributed by atoms with E-state index < -0.39 is 0 Å². The highest BCUT2D eigenvalue weighted by molar-refractivity contribution is 7.09. The Morgan fingerprint density at radius 3 is 2.32 bits per heavy atom. The van der Waals surface area contributed by atoms with E-state index in [0.717, 1.165) is 11.3 Å². The zero-order valence-electron chi connectivity index (χ0n) is 15.5. The highest BCUT2D eigenvalue weighted by Crippen LogP contribution is 2.13. The van der Waals surface area contributed by atoms with Crippen molar-refractivity contribution < 1.29 is 22.1 Å². The fraction of sp³-hybridized carbons (Fsp3) is 0.389. The third-order valence-electron chi connectivity index (χ3n) is 2.85. The predicted molar refractivity (Wildman–Crippen MR) is 102 cm³/mol. The van der Waals surface area contributed by atoms with E-state index in [9.17, 15) is 0 Å². The quantitative estimate of drug-likeness (QED) is 0.574. The van der Waals surface area contributed by atoms with Crippen LogP contribution < -0.4 is 22.7 Å². The van der Waals surface area contributed by atoms with Gasteiger partial charge in [0.1, 0.15) is 11.6 Å². The minimum atomic E-state index is 0. The van der Waals surface area contributed by atoms with Gasteiger partial charge in [-0.2, -0.15) is 4.57 Å². The van der Waals surface area contributed by atoms with Crippen molar-refractivity contribution >= 4 is 17.2 Å². The van der Waals surface area contributed by atoms with Gasteiger partial charge >= 0.3 is 0 Å². The van der Waals surface area contributed by atoms with Crippen molar-refractivity contribution in [2.45, 2.75) is 40.7 Å². The number of aliphatic hydroxyl groups excluding tert-OH is 1. The lowest BCUT2D eigenvalue weighted by molar-refractivity contribution is -0.689. The number of thiazole rings is 1. The maximum absolute atomic E-state index is 8.98. The highest BCUT2D eigenvalue weighted by Gasteiger charge is 2.16. The first-order valence-electron chi connectivity index (χ1n) is 7.74. The van der Waals surface area contributed by atoms with E-state index in [1.807, 2.05) is 33.2 Å². The van der Waals surface area contributed by atoms with Crippen LogP contribution in [0.15, 0.2) is 37.0 Å². The fourth-order valence-corrected chi connectivity index (χ4v) is 2.75. The summed E-state index contributed by atoms with van der Waals surface area (Å²) in [5.74, 6) is 1.22. The summed E-state index contributed by atoms with van der Waals surface area (Å²) >= 11 is 1.65. The first-order valence-corrected chi connectivity index (χ1v) is 8.62. The molecule has 3 N–H and O–H groups in total. The molecule has 0 atom stereocenters. The number of nitrogen functional groups attached to an aromatic ring is 1. The second-order valence-corrected chi connectivity index (χ2v) is 5.92. The van der Waals surface area contributed by atoms with Crippen molar-refractivity contribution in [1.29, 1.82) is 0 Å². The first-order chi connectivity index (χ1) is 11.4. The molecule has 2 rings (SSSR count). The van der Waals surface area contributed by atoms with Crippen LogP contribution in [0.1, 0.15) is 35.8 Å². The molecule has 0 spiro atoms. The van der Waals surface area contributed by atoms with Gasteiger partial charge in [0.05, 0.1) is 10.4 Å². The number of nitrogens with two attached hydrogens (primary N) is 1. The van der Waals surface area contributed by atoms with Gasteiger partial charge in [-0.25, -0.2) is 9.97 Å². The van der Waals surface area contributed by atoms with Gasteiger partial charge in [-0.3, -0.25) is 0 Å². The largest absolute Gasteiger partial charge is 1.00 e. The first kappa shape index (κ1) is 25.5. The Morgan fingerprint density at radius 1 is 1.28 bits per heavy atom. The number of nitrogens with zero attached hydrogens (tertiary/aromatic N) is 3. The van der Waals surface area contributed by atoms with Gasteiger partial charge in [-0.05, 0) is 20.8 Å². The Morgan fingerprint density at radius 2 is 1.84 bits per heavy atom. The summed E-state index contributed by atoms with van der Waals surface area (Å²) in [5.41, 5.74) is 10.0. The topological polar surface area (TPSA) is 75.9 Å². The Balaban J connectivity index is 0. The van der Waals surface area contributed by atoms with E-state index in [-0.39, 0.29) is 19.0 Å². The summed E-state index contributed by atoms with van der Waals surface area (Å²) in [6.07, 6.45) is 5.97. The zero-order valence-corrected chi connectivity index (χ0v) is 17.1. The van der Waals surface area contributed by atoms with E-state index in [1.165, 1.54) is 4.88 Å². The Kier molecular flexibility index (Phi) is 14.9. The molecule has 0 saturated carbocycles. The van der Waals surface area contributed by atoms with Crippen molar-refractivity contribution in [1.82, 2.24) is 9.97 Å². The lowest BCUT2D eigenvalue weighted by Gasteiger charge is -2.01. The summed E-state index contributed by atoms with van der Waals surface area (Å²) in [5, 5.41) is 8.98. The number of hydrogen-bond acceptors (Lipinski definition) is 5. The predicted octanol–water partition coefficient (Wildman–Crippen LogP) is -0.00366. The van der Waals surface area contributed by atoms with Crippen LogP contribution in [0.4, 0.5) is 5.82 Å².